The molecule has 2 aromatic carbocycles. The Hall–Kier alpha value is -2.91. The molecule has 0 atom stereocenters. The maximum atomic E-state index is 14.6. The third-order valence-electron chi connectivity index (χ3n) is 4.05. The number of halogens is 1. The van der Waals surface area contributed by atoms with Crippen molar-refractivity contribution in [3.05, 3.63) is 52.8 Å². The fraction of sp³-hybridized carbons (Fsp3) is 0.273. The molecule has 0 radical (unpaired) electrons. The SMILES string of the molecule is CCCCC#CCOc1cccc(NC(=O)c2ccc3nc(C)sc3c2)c1F. The molecule has 0 aliphatic heterocycles. The molecule has 0 fully saturated rings. The fourth-order valence-corrected chi connectivity index (χ4v) is 3.48. The summed E-state index contributed by atoms with van der Waals surface area (Å²) in [5.41, 5.74) is 1.37. The minimum atomic E-state index is -0.610. The van der Waals surface area contributed by atoms with Crippen LogP contribution in [-0.2, 0) is 0 Å². The van der Waals surface area contributed by atoms with Gasteiger partial charge in [-0.3, -0.25) is 4.79 Å². The smallest absolute Gasteiger partial charge is 0.255 e. The number of amides is 1. The van der Waals surface area contributed by atoms with Gasteiger partial charge in [-0.2, -0.15) is 0 Å². The van der Waals surface area contributed by atoms with Crippen molar-refractivity contribution in [3.63, 3.8) is 0 Å². The number of carbonyl (C=O) groups excluding carboxylic acids is 1. The lowest BCUT2D eigenvalue weighted by Crippen LogP contribution is -2.13. The molecule has 1 heterocycles. The zero-order valence-electron chi connectivity index (χ0n) is 15.8. The molecular weight excluding hydrogens is 375 g/mol. The summed E-state index contributed by atoms with van der Waals surface area (Å²) in [5, 5.41) is 3.54. The maximum absolute atomic E-state index is 14.6. The van der Waals surface area contributed by atoms with Crippen molar-refractivity contribution in [2.24, 2.45) is 0 Å². The number of rotatable bonds is 6. The summed E-state index contributed by atoms with van der Waals surface area (Å²) in [4.78, 5) is 16.9. The summed E-state index contributed by atoms with van der Waals surface area (Å²) in [6.07, 6.45) is 2.93. The monoisotopic (exact) mass is 396 g/mol. The molecule has 6 heteroatoms. The van der Waals surface area contributed by atoms with E-state index in [4.69, 9.17) is 4.74 Å². The molecule has 0 unspecified atom stereocenters. The molecule has 0 saturated carbocycles. The van der Waals surface area contributed by atoms with Gasteiger partial charge in [0.25, 0.3) is 5.91 Å². The summed E-state index contributed by atoms with van der Waals surface area (Å²) in [6, 6.07) is 9.89. The Morgan fingerprint density at radius 2 is 2.14 bits per heavy atom. The number of anilines is 1. The largest absolute Gasteiger partial charge is 0.478 e. The minimum absolute atomic E-state index is 0.0659. The molecule has 1 aromatic heterocycles. The van der Waals surface area contributed by atoms with Crippen molar-refractivity contribution >= 4 is 33.1 Å². The van der Waals surface area contributed by atoms with Crippen molar-refractivity contribution in [1.82, 2.24) is 4.98 Å². The third kappa shape index (κ3) is 4.87. The van der Waals surface area contributed by atoms with Gasteiger partial charge < -0.3 is 10.1 Å². The minimum Gasteiger partial charge on any atom is -0.478 e. The van der Waals surface area contributed by atoms with Crippen LogP contribution in [0.1, 0.15) is 41.6 Å². The van der Waals surface area contributed by atoms with Crippen LogP contribution >= 0.6 is 11.3 Å². The predicted octanol–water partition coefficient (Wildman–Crippen LogP) is 5.57. The normalized spacial score (nSPS) is 10.4. The lowest BCUT2D eigenvalue weighted by atomic mass is 10.2. The highest BCUT2D eigenvalue weighted by Gasteiger charge is 2.14. The Labute approximate surface area is 167 Å². The van der Waals surface area contributed by atoms with Gasteiger partial charge in [0, 0.05) is 12.0 Å². The molecule has 3 aromatic rings. The molecule has 0 aliphatic carbocycles. The van der Waals surface area contributed by atoms with Gasteiger partial charge in [0.2, 0.25) is 0 Å². The first kappa shape index (κ1) is 19.8. The Kier molecular flexibility index (Phi) is 6.62. The molecule has 4 nitrogen and oxygen atoms in total. The van der Waals surface area contributed by atoms with Crippen LogP contribution in [0.5, 0.6) is 5.75 Å². The fourth-order valence-electron chi connectivity index (χ4n) is 2.61. The molecule has 0 spiro atoms. The highest BCUT2D eigenvalue weighted by Crippen LogP contribution is 2.26. The number of unbranched alkanes of at least 4 members (excludes halogenated alkanes) is 2. The van der Waals surface area contributed by atoms with Crippen LogP contribution < -0.4 is 10.1 Å². The van der Waals surface area contributed by atoms with Gasteiger partial charge in [0.1, 0.15) is 6.61 Å². The Morgan fingerprint density at radius 3 is 2.96 bits per heavy atom. The number of hydrogen-bond acceptors (Lipinski definition) is 4. The average Bonchev–Trinajstić information content (AvgIpc) is 3.06. The van der Waals surface area contributed by atoms with E-state index in [9.17, 15) is 9.18 Å². The second-order valence-corrected chi connectivity index (χ2v) is 7.47. The number of nitrogens with zero attached hydrogens (tertiary/aromatic N) is 1. The van der Waals surface area contributed by atoms with Crippen LogP contribution in [0.2, 0.25) is 0 Å². The Morgan fingerprint density at radius 1 is 1.29 bits per heavy atom. The number of thiazole rings is 1. The van der Waals surface area contributed by atoms with E-state index < -0.39 is 5.82 Å². The predicted molar refractivity (Wildman–Crippen MR) is 112 cm³/mol. The zero-order valence-corrected chi connectivity index (χ0v) is 16.7. The molecule has 144 valence electrons. The van der Waals surface area contributed by atoms with Gasteiger partial charge >= 0.3 is 0 Å². The zero-order chi connectivity index (χ0) is 19.9. The molecule has 0 aliphatic rings. The van der Waals surface area contributed by atoms with E-state index in [-0.39, 0.29) is 24.0 Å². The molecule has 0 saturated heterocycles. The van der Waals surface area contributed by atoms with E-state index in [2.05, 4.69) is 29.1 Å². The summed E-state index contributed by atoms with van der Waals surface area (Å²) in [5.74, 6) is 4.93. The van der Waals surface area contributed by atoms with Gasteiger partial charge in [0.05, 0.1) is 20.9 Å². The highest BCUT2D eigenvalue weighted by atomic mass is 32.1. The van der Waals surface area contributed by atoms with Crippen molar-refractivity contribution in [2.45, 2.75) is 33.1 Å². The van der Waals surface area contributed by atoms with Crippen LogP contribution in [0.25, 0.3) is 10.2 Å². The van der Waals surface area contributed by atoms with Gasteiger partial charge in [-0.25, -0.2) is 9.37 Å². The standard InChI is InChI=1S/C22H21FN2O2S/c1-3-4-5-6-7-13-27-19-10-8-9-18(21(19)23)25-22(26)16-11-12-17-20(14-16)28-15(2)24-17/h8-12,14H,3-5,13H2,1-2H3,(H,25,26). The van der Waals surface area contributed by atoms with E-state index in [0.717, 1.165) is 34.5 Å². The first-order valence-corrected chi connectivity index (χ1v) is 9.95. The maximum Gasteiger partial charge on any atom is 0.255 e. The van der Waals surface area contributed by atoms with Crippen LogP contribution in [-0.4, -0.2) is 17.5 Å². The van der Waals surface area contributed by atoms with Crippen molar-refractivity contribution in [2.75, 3.05) is 11.9 Å². The number of aromatic nitrogens is 1. The second kappa shape index (κ2) is 9.34. The van der Waals surface area contributed by atoms with E-state index in [1.165, 1.54) is 23.5 Å². The van der Waals surface area contributed by atoms with E-state index in [1.54, 1.807) is 24.3 Å². The van der Waals surface area contributed by atoms with Crippen LogP contribution in [0.3, 0.4) is 0 Å². The molecule has 0 bridgehead atoms. The van der Waals surface area contributed by atoms with Crippen molar-refractivity contribution < 1.29 is 13.9 Å². The number of nitrogens with one attached hydrogen (secondary N) is 1. The van der Waals surface area contributed by atoms with E-state index in [1.807, 2.05) is 6.92 Å². The second-order valence-electron chi connectivity index (χ2n) is 6.23. The number of carbonyl (C=O) groups is 1. The lowest BCUT2D eigenvalue weighted by Gasteiger charge is -2.10. The lowest BCUT2D eigenvalue weighted by molar-refractivity contribution is 0.102. The summed E-state index contributed by atoms with van der Waals surface area (Å²) >= 11 is 1.51. The quantitative estimate of drug-likeness (QED) is 0.438. The Bertz CT molecular complexity index is 1050. The van der Waals surface area contributed by atoms with Crippen LogP contribution in [0, 0.1) is 24.6 Å². The van der Waals surface area contributed by atoms with Crippen molar-refractivity contribution in [3.8, 4) is 17.6 Å². The van der Waals surface area contributed by atoms with Gasteiger partial charge in [-0.15, -0.1) is 11.3 Å². The number of aryl methyl sites for hydroxylation is 1. The van der Waals surface area contributed by atoms with Crippen molar-refractivity contribution in [1.29, 1.82) is 0 Å². The van der Waals surface area contributed by atoms with Gasteiger partial charge in [0.15, 0.2) is 11.6 Å². The molecule has 1 N–H and O–H groups in total. The topological polar surface area (TPSA) is 51.2 Å². The van der Waals surface area contributed by atoms with Crippen LogP contribution in [0.4, 0.5) is 10.1 Å². The molecule has 3 rings (SSSR count). The van der Waals surface area contributed by atoms with E-state index >= 15 is 0 Å². The molecule has 28 heavy (non-hydrogen) atoms. The number of fused-ring (bicyclic) bond motifs is 1. The molecule has 1 amide bonds. The van der Waals surface area contributed by atoms with Gasteiger partial charge in [-0.1, -0.05) is 31.3 Å². The first-order valence-electron chi connectivity index (χ1n) is 9.14. The van der Waals surface area contributed by atoms with Gasteiger partial charge in [-0.05, 0) is 43.7 Å². The number of hydrogen-bond donors (Lipinski definition) is 1. The number of ether oxygens (including phenoxy) is 1. The first-order chi connectivity index (χ1) is 13.6. The summed E-state index contributed by atoms with van der Waals surface area (Å²) in [6.45, 7) is 4.13. The average molecular weight is 396 g/mol. The van der Waals surface area contributed by atoms with E-state index in [0.29, 0.717) is 5.56 Å². The third-order valence-corrected chi connectivity index (χ3v) is 4.98. The summed E-state index contributed by atoms with van der Waals surface area (Å²) in [7, 11) is 0. The Balaban J connectivity index is 1.68. The molecular formula is C22H21FN2O2S. The highest BCUT2D eigenvalue weighted by molar-refractivity contribution is 7.18. The van der Waals surface area contributed by atoms with Crippen LogP contribution in [0.15, 0.2) is 36.4 Å². The summed E-state index contributed by atoms with van der Waals surface area (Å²) < 4.78 is 21.0. The number of benzene rings is 2.